The Hall–Kier alpha value is -1.49. The van der Waals surface area contributed by atoms with E-state index >= 15 is 0 Å². The molecule has 1 heterocycles. The standard InChI is InChI=1S/C15H26N3O8P/c1-8(2)25-13(21)9(3)18-27(23)24-7-10-12(20)15(4,22)14(26-10)17-6-5-11(16)19/h6,8-10,12,14,20,22H,5,7H2,1-4H3,(H2-,16,18,19,23)/p+1. The fraction of sp³-hybridized carbons (Fsp3) is 0.800. The van der Waals surface area contributed by atoms with Gasteiger partial charge in [-0.25, -0.2) is 0 Å². The summed E-state index contributed by atoms with van der Waals surface area (Å²) in [7, 11) is -2.45. The SMILES string of the molecule is CC(C)OC(=O)C(C)N[P+](=O)OCC1OC(N=CCC(N)=O)C(C)(O)C1O. The van der Waals surface area contributed by atoms with Gasteiger partial charge in [-0.2, -0.15) is 0 Å². The maximum absolute atomic E-state index is 11.9. The zero-order valence-corrected chi connectivity index (χ0v) is 16.6. The van der Waals surface area contributed by atoms with E-state index in [1.165, 1.54) is 20.1 Å². The van der Waals surface area contributed by atoms with Crippen molar-refractivity contribution in [2.75, 3.05) is 6.61 Å². The van der Waals surface area contributed by atoms with Crippen molar-refractivity contribution in [3.8, 4) is 0 Å². The number of amides is 1. The van der Waals surface area contributed by atoms with Gasteiger partial charge in [0.25, 0.3) is 0 Å². The molecule has 27 heavy (non-hydrogen) atoms. The maximum Gasteiger partial charge on any atom is 0.613 e. The highest BCUT2D eigenvalue weighted by atomic mass is 31.1. The van der Waals surface area contributed by atoms with Crippen LogP contribution < -0.4 is 10.8 Å². The van der Waals surface area contributed by atoms with Crippen molar-refractivity contribution in [2.45, 2.75) is 70.3 Å². The van der Waals surface area contributed by atoms with E-state index in [4.69, 9.17) is 19.7 Å². The first-order valence-corrected chi connectivity index (χ1v) is 9.55. The summed E-state index contributed by atoms with van der Waals surface area (Å²) in [6.07, 6.45) is -2.81. The number of nitrogens with one attached hydrogen (secondary N) is 1. The van der Waals surface area contributed by atoms with Crippen LogP contribution in [0.3, 0.4) is 0 Å². The number of esters is 1. The molecule has 1 aliphatic rings. The van der Waals surface area contributed by atoms with E-state index in [0.29, 0.717) is 0 Å². The van der Waals surface area contributed by atoms with Crippen LogP contribution in [0, 0.1) is 0 Å². The lowest BCUT2D eigenvalue weighted by atomic mass is 9.97. The maximum atomic E-state index is 11.9. The van der Waals surface area contributed by atoms with E-state index in [-0.39, 0.29) is 19.1 Å². The lowest BCUT2D eigenvalue weighted by Gasteiger charge is -2.23. The average Bonchev–Trinajstić information content (AvgIpc) is 2.75. The van der Waals surface area contributed by atoms with E-state index in [1.54, 1.807) is 13.8 Å². The molecule has 12 heteroatoms. The Morgan fingerprint density at radius 3 is 2.63 bits per heavy atom. The number of nitrogens with two attached hydrogens (primary N) is 1. The number of aliphatic hydroxyl groups excluding tert-OH is 1. The van der Waals surface area contributed by atoms with E-state index < -0.39 is 50.1 Å². The fourth-order valence-corrected chi connectivity index (χ4v) is 2.96. The summed E-state index contributed by atoms with van der Waals surface area (Å²) in [6.45, 7) is 5.83. The molecule has 0 aromatic rings. The summed E-state index contributed by atoms with van der Waals surface area (Å²) in [5, 5.41) is 22.9. The van der Waals surface area contributed by atoms with E-state index in [2.05, 4.69) is 10.1 Å². The minimum Gasteiger partial charge on any atom is -0.462 e. The number of hydrogen-bond donors (Lipinski definition) is 4. The minimum absolute atomic E-state index is 0.145. The summed E-state index contributed by atoms with van der Waals surface area (Å²) in [6, 6.07) is -0.861. The predicted molar refractivity (Wildman–Crippen MR) is 95.0 cm³/mol. The molecule has 1 amide bonds. The first-order valence-electron chi connectivity index (χ1n) is 8.37. The highest BCUT2D eigenvalue weighted by molar-refractivity contribution is 7.36. The summed E-state index contributed by atoms with van der Waals surface area (Å²) in [5.74, 6) is -1.19. The van der Waals surface area contributed by atoms with E-state index in [9.17, 15) is 24.4 Å². The number of nitrogens with zero attached hydrogens (tertiary/aromatic N) is 1. The first kappa shape index (κ1) is 23.5. The molecule has 0 bridgehead atoms. The van der Waals surface area contributed by atoms with Gasteiger partial charge in [-0.05, 0) is 32.3 Å². The summed E-state index contributed by atoms with van der Waals surface area (Å²) >= 11 is 0. The van der Waals surface area contributed by atoms with Gasteiger partial charge >= 0.3 is 14.1 Å². The van der Waals surface area contributed by atoms with Crippen molar-refractivity contribution in [1.29, 1.82) is 0 Å². The summed E-state index contributed by atoms with van der Waals surface area (Å²) < 4.78 is 27.4. The third-order valence-electron chi connectivity index (χ3n) is 3.65. The second-order valence-electron chi connectivity index (χ2n) is 6.59. The van der Waals surface area contributed by atoms with Crippen LogP contribution in [0.15, 0.2) is 4.99 Å². The molecule has 0 aromatic heterocycles. The van der Waals surface area contributed by atoms with Crippen LogP contribution in [0.5, 0.6) is 0 Å². The fourth-order valence-electron chi connectivity index (χ4n) is 2.18. The number of rotatable bonds is 10. The van der Waals surface area contributed by atoms with Crippen LogP contribution >= 0.6 is 8.18 Å². The Bertz CT molecular complexity index is 583. The van der Waals surface area contributed by atoms with Crippen LogP contribution in [-0.4, -0.2) is 71.1 Å². The lowest BCUT2D eigenvalue weighted by Crippen LogP contribution is -2.45. The van der Waals surface area contributed by atoms with Gasteiger partial charge < -0.3 is 25.4 Å². The molecule has 5 N–H and O–H groups in total. The third kappa shape index (κ3) is 7.21. The third-order valence-corrected chi connectivity index (χ3v) is 4.63. The van der Waals surface area contributed by atoms with Crippen LogP contribution in [0.1, 0.15) is 34.1 Å². The number of hydrogen-bond acceptors (Lipinski definition) is 9. The monoisotopic (exact) mass is 408 g/mol. The molecule has 1 rings (SSSR count). The highest BCUT2D eigenvalue weighted by Crippen LogP contribution is 2.33. The minimum atomic E-state index is -2.45. The van der Waals surface area contributed by atoms with Crippen LogP contribution in [-0.2, 0) is 28.2 Å². The Balaban J connectivity index is 2.54. The van der Waals surface area contributed by atoms with Crippen LogP contribution in [0.4, 0.5) is 0 Å². The number of carbonyl (C=O) groups excluding carboxylic acids is 2. The average molecular weight is 408 g/mol. The largest absolute Gasteiger partial charge is 0.613 e. The topological polar surface area (TPSA) is 170 Å². The summed E-state index contributed by atoms with van der Waals surface area (Å²) in [4.78, 5) is 26.3. The smallest absolute Gasteiger partial charge is 0.462 e. The van der Waals surface area contributed by atoms with Gasteiger partial charge in [-0.3, -0.25) is 14.6 Å². The van der Waals surface area contributed by atoms with Gasteiger partial charge in [-0.1, -0.05) is 5.09 Å². The molecule has 6 unspecified atom stereocenters. The first-order chi connectivity index (χ1) is 12.4. The van der Waals surface area contributed by atoms with Gasteiger partial charge in [0.05, 0.1) is 12.5 Å². The lowest BCUT2D eigenvalue weighted by molar-refractivity contribution is -0.149. The van der Waals surface area contributed by atoms with Gasteiger partial charge in [0, 0.05) is 6.21 Å². The van der Waals surface area contributed by atoms with Crippen molar-refractivity contribution in [1.82, 2.24) is 5.09 Å². The van der Waals surface area contributed by atoms with Crippen molar-refractivity contribution in [2.24, 2.45) is 10.7 Å². The zero-order chi connectivity index (χ0) is 20.8. The number of primary amides is 1. The molecule has 0 saturated carbocycles. The second-order valence-corrected chi connectivity index (χ2v) is 7.62. The molecule has 0 spiro atoms. The van der Waals surface area contributed by atoms with Gasteiger partial charge in [0.1, 0.15) is 30.5 Å². The van der Waals surface area contributed by atoms with Gasteiger partial charge in [-0.15, -0.1) is 4.52 Å². The molecule has 154 valence electrons. The Kier molecular flexibility index (Phi) is 8.86. The second kappa shape index (κ2) is 10.2. The van der Waals surface area contributed by atoms with Crippen LogP contribution in [0.25, 0.3) is 0 Å². The summed E-state index contributed by atoms with van der Waals surface area (Å²) in [5.41, 5.74) is 3.25. The molecule has 0 radical (unpaired) electrons. The number of aliphatic imine (C=N–C) groups is 1. The molecule has 6 atom stereocenters. The zero-order valence-electron chi connectivity index (χ0n) is 15.7. The molecule has 11 nitrogen and oxygen atoms in total. The normalized spacial score (nSPS) is 29.9. The van der Waals surface area contributed by atoms with E-state index in [0.717, 1.165) is 0 Å². The molecular formula is C15H27N3O8P+. The quantitative estimate of drug-likeness (QED) is 0.209. The van der Waals surface area contributed by atoms with Gasteiger partial charge in [0.2, 0.25) is 5.91 Å². The van der Waals surface area contributed by atoms with Gasteiger partial charge in [0.15, 0.2) is 6.23 Å². The molecule has 1 aliphatic heterocycles. The molecule has 0 aromatic carbocycles. The Morgan fingerprint density at radius 1 is 1.44 bits per heavy atom. The van der Waals surface area contributed by atoms with Crippen molar-refractivity contribution >= 4 is 26.3 Å². The van der Waals surface area contributed by atoms with Crippen molar-refractivity contribution in [3.05, 3.63) is 0 Å². The molecule has 1 fully saturated rings. The number of aliphatic hydroxyl groups is 2. The van der Waals surface area contributed by atoms with E-state index in [1.807, 2.05) is 0 Å². The number of carbonyl (C=O) groups is 2. The Morgan fingerprint density at radius 2 is 2.07 bits per heavy atom. The number of ether oxygens (including phenoxy) is 2. The molecular weight excluding hydrogens is 381 g/mol. The molecule has 0 aliphatic carbocycles. The Labute approximate surface area is 158 Å². The van der Waals surface area contributed by atoms with Crippen molar-refractivity contribution < 1.29 is 38.4 Å². The highest BCUT2D eigenvalue weighted by Gasteiger charge is 2.53. The molecule has 1 saturated heterocycles. The predicted octanol–water partition coefficient (Wildman–Crippen LogP) is -0.627. The van der Waals surface area contributed by atoms with Crippen molar-refractivity contribution in [3.63, 3.8) is 0 Å². The van der Waals surface area contributed by atoms with Crippen LogP contribution in [0.2, 0.25) is 0 Å².